The van der Waals surface area contributed by atoms with Crippen molar-refractivity contribution in [3.63, 3.8) is 0 Å². The molecule has 0 radical (unpaired) electrons. The topological polar surface area (TPSA) is 38.1 Å². The van der Waals surface area contributed by atoms with Crippen LogP contribution in [0.3, 0.4) is 0 Å². The Bertz CT molecular complexity index is 489. The van der Waals surface area contributed by atoms with Gasteiger partial charge in [0, 0.05) is 37.4 Å². The summed E-state index contributed by atoms with van der Waals surface area (Å²) in [6.45, 7) is 6.02. The zero-order valence-corrected chi connectivity index (χ0v) is 14.1. The fraction of sp³-hybridized carbons (Fsp3) is 0.778. The monoisotopic (exact) mass is 303 g/mol. The molecule has 3 rings (SSSR count). The number of hydrogen-bond acceptors (Lipinski definition) is 2. The number of piperidine rings is 1. The highest BCUT2D eigenvalue weighted by Crippen LogP contribution is 2.30. The maximum Gasteiger partial charge on any atom is 0.222 e. The lowest BCUT2D eigenvalue weighted by Crippen LogP contribution is -2.39. The second kappa shape index (κ2) is 6.84. The Morgan fingerprint density at radius 3 is 2.45 bits per heavy atom. The number of amides is 1. The molecule has 0 aromatic carbocycles. The summed E-state index contributed by atoms with van der Waals surface area (Å²) in [6.07, 6.45) is 11.4. The Hall–Kier alpha value is -1.32. The Labute approximate surface area is 133 Å². The molecule has 4 heteroatoms. The van der Waals surface area contributed by atoms with Crippen molar-refractivity contribution in [1.29, 1.82) is 0 Å². The number of nitrogens with zero attached hydrogens (tertiary/aromatic N) is 3. The Balaban J connectivity index is 1.47. The number of hydrogen-bond donors (Lipinski definition) is 0. The van der Waals surface area contributed by atoms with Gasteiger partial charge >= 0.3 is 0 Å². The van der Waals surface area contributed by atoms with Gasteiger partial charge in [-0.2, -0.15) is 0 Å². The van der Waals surface area contributed by atoms with E-state index in [9.17, 15) is 4.79 Å². The molecule has 122 valence electrons. The molecule has 1 aliphatic carbocycles. The minimum Gasteiger partial charge on any atom is -0.343 e. The molecular formula is C18H29N3O. The van der Waals surface area contributed by atoms with E-state index in [0.717, 1.165) is 50.5 Å². The van der Waals surface area contributed by atoms with Gasteiger partial charge in [-0.05, 0) is 39.0 Å². The maximum absolute atomic E-state index is 12.4. The summed E-state index contributed by atoms with van der Waals surface area (Å²) in [4.78, 5) is 18.9. The molecule has 1 aromatic rings. The van der Waals surface area contributed by atoms with Crippen LogP contribution in [-0.4, -0.2) is 33.4 Å². The summed E-state index contributed by atoms with van der Waals surface area (Å²) in [5.41, 5.74) is 1.24. The molecule has 0 atom stereocenters. The highest BCUT2D eigenvalue weighted by Gasteiger charge is 2.26. The lowest BCUT2D eigenvalue weighted by molar-refractivity contribution is -0.132. The normalized spacial score (nSPS) is 20.7. The lowest BCUT2D eigenvalue weighted by atomic mass is 10.00. The van der Waals surface area contributed by atoms with Crippen LogP contribution in [0.15, 0.2) is 6.20 Å². The molecule has 22 heavy (non-hydrogen) atoms. The first-order valence-corrected chi connectivity index (χ1v) is 8.93. The van der Waals surface area contributed by atoms with Crippen molar-refractivity contribution in [3.8, 4) is 0 Å². The second-order valence-corrected chi connectivity index (χ2v) is 7.12. The number of aryl methyl sites for hydroxylation is 2. The van der Waals surface area contributed by atoms with Gasteiger partial charge in [0.2, 0.25) is 5.91 Å². The lowest BCUT2D eigenvalue weighted by Gasteiger charge is -2.34. The fourth-order valence-electron chi connectivity index (χ4n) is 4.28. The molecule has 1 saturated carbocycles. The molecule has 1 aromatic heterocycles. The second-order valence-electron chi connectivity index (χ2n) is 7.12. The van der Waals surface area contributed by atoms with Crippen LogP contribution in [0, 0.1) is 19.8 Å². The van der Waals surface area contributed by atoms with Crippen molar-refractivity contribution in [1.82, 2.24) is 14.5 Å². The molecule has 2 heterocycles. The Morgan fingerprint density at radius 1 is 1.18 bits per heavy atom. The van der Waals surface area contributed by atoms with E-state index in [1.165, 1.54) is 31.4 Å². The summed E-state index contributed by atoms with van der Waals surface area (Å²) < 4.78 is 2.35. The quantitative estimate of drug-likeness (QED) is 0.852. The van der Waals surface area contributed by atoms with Crippen molar-refractivity contribution in [2.24, 2.45) is 5.92 Å². The van der Waals surface area contributed by atoms with Crippen molar-refractivity contribution in [3.05, 3.63) is 17.7 Å². The zero-order chi connectivity index (χ0) is 15.5. The third kappa shape index (κ3) is 3.36. The van der Waals surface area contributed by atoms with Gasteiger partial charge in [-0.25, -0.2) is 4.98 Å². The van der Waals surface area contributed by atoms with Gasteiger partial charge in [0.1, 0.15) is 5.82 Å². The summed E-state index contributed by atoms with van der Waals surface area (Å²) >= 11 is 0. The Kier molecular flexibility index (Phi) is 4.84. The number of likely N-dealkylation sites (tertiary alicyclic amines) is 1. The summed E-state index contributed by atoms with van der Waals surface area (Å²) in [5, 5.41) is 0. The number of carbonyl (C=O) groups excluding carboxylic acids is 1. The van der Waals surface area contributed by atoms with E-state index in [1.54, 1.807) is 0 Å². The molecule has 0 bridgehead atoms. The van der Waals surface area contributed by atoms with E-state index in [4.69, 9.17) is 0 Å². The average Bonchev–Trinajstić information content (AvgIpc) is 3.15. The van der Waals surface area contributed by atoms with Gasteiger partial charge in [0.05, 0.1) is 0 Å². The van der Waals surface area contributed by atoms with Crippen LogP contribution in [-0.2, 0) is 4.79 Å². The number of rotatable bonds is 4. The van der Waals surface area contributed by atoms with Crippen LogP contribution in [0.1, 0.15) is 68.9 Å². The van der Waals surface area contributed by atoms with E-state index in [2.05, 4.69) is 28.3 Å². The molecule has 2 aliphatic rings. The van der Waals surface area contributed by atoms with Crippen LogP contribution in [0.25, 0.3) is 0 Å². The van der Waals surface area contributed by atoms with Crippen molar-refractivity contribution >= 4 is 5.91 Å². The first kappa shape index (κ1) is 15.6. The zero-order valence-electron chi connectivity index (χ0n) is 14.1. The van der Waals surface area contributed by atoms with E-state index in [0.29, 0.717) is 11.9 Å². The molecule has 4 nitrogen and oxygen atoms in total. The number of imidazole rings is 1. The Morgan fingerprint density at radius 2 is 1.86 bits per heavy atom. The predicted molar refractivity (Wildman–Crippen MR) is 87.7 cm³/mol. The molecule has 1 amide bonds. The van der Waals surface area contributed by atoms with Gasteiger partial charge in [0.15, 0.2) is 0 Å². The highest BCUT2D eigenvalue weighted by atomic mass is 16.2. The van der Waals surface area contributed by atoms with Crippen LogP contribution >= 0.6 is 0 Å². The standard InChI is InChI=1S/C18H29N3O/c1-14-13-19-15(2)21(14)17-9-11-20(12-10-17)18(22)8-7-16-5-3-4-6-16/h13,16-17H,3-12H2,1-2H3. The molecule has 2 fully saturated rings. The molecule has 0 spiro atoms. The number of aromatic nitrogens is 2. The SMILES string of the molecule is Cc1cnc(C)n1C1CCN(C(=O)CCC2CCCC2)CC1. The minimum atomic E-state index is 0.379. The van der Waals surface area contributed by atoms with Crippen LogP contribution in [0.2, 0.25) is 0 Å². The minimum absolute atomic E-state index is 0.379. The third-order valence-corrected chi connectivity index (χ3v) is 5.59. The van der Waals surface area contributed by atoms with Crippen molar-refractivity contribution in [2.75, 3.05) is 13.1 Å². The third-order valence-electron chi connectivity index (χ3n) is 5.59. The molecule has 1 aliphatic heterocycles. The fourth-order valence-corrected chi connectivity index (χ4v) is 4.28. The van der Waals surface area contributed by atoms with Gasteiger partial charge < -0.3 is 9.47 Å². The maximum atomic E-state index is 12.4. The van der Waals surface area contributed by atoms with E-state index < -0.39 is 0 Å². The van der Waals surface area contributed by atoms with E-state index in [1.807, 2.05) is 6.20 Å². The van der Waals surface area contributed by atoms with Gasteiger partial charge in [-0.3, -0.25) is 4.79 Å². The predicted octanol–water partition coefficient (Wildman–Crippen LogP) is 3.63. The first-order chi connectivity index (χ1) is 10.6. The molecular weight excluding hydrogens is 274 g/mol. The van der Waals surface area contributed by atoms with E-state index >= 15 is 0 Å². The largest absolute Gasteiger partial charge is 0.343 e. The number of carbonyl (C=O) groups is 1. The van der Waals surface area contributed by atoms with Gasteiger partial charge in [-0.15, -0.1) is 0 Å². The van der Waals surface area contributed by atoms with Crippen molar-refractivity contribution in [2.45, 2.75) is 71.3 Å². The smallest absolute Gasteiger partial charge is 0.222 e. The summed E-state index contributed by atoms with van der Waals surface area (Å²) in [5.74, 6) is 2.30. The van der Waals surface area contributed by atoms with Crippen LogP contribution in [0.5, 0.6) is 0 Å². The van der Waals surface area contributed by atoms with Crippen LogP contribution < -0.4 is 0 Å². The molecule has 0 unspecified atom stereocenters. The van der Waals surface area contributed by atoms with Crippen molar-refractivity contribution < 1.29 is 4.79 Å². The molecule has 0 N–H and O–H groups in total. The summed E-state index contributed by atoms with van der Waals surface area (Å²) in [6, 6.07) is 0.515. The van der Waals surface area contributed by atoms with Gasteiger partial charge in [-0.1, -0.05) is 25.7 Å². The first-order valence-electron chi connectivity index (χ1n) is 8.93. The molecule has 1 saturated heterocycles. The van der Waals surface area contributed by atoms with Crippen LogP contribution in [0.4, 0.5) is 0 Å². The van der Waals surface area contributed by atoms with Gasteiger partial charge in [0.25, 0.3) is 0 Å². The average molecular weight is 303 g/mol. The van der Waals surface area contributed by atoms with E-state index in [-0.39, 0.29) is 0 Å². The summed E-state index contributed by atoms with van der Waals surface area (Å²) in [7, 11) is 0. The highest BCUT2D eigenvalue weighted by molar-refractivity contribution is 5.76.